The SMILES string of the molecule is CCn1nccc1C(=O)Nc1ccc2c(c1)cc1n2C(CC(=O)NCc2ccccc2C)CNC1=O. The van der Waals surface area contributed by atoms with Gasteiger partial charge >= 0.3 is 0 Å². The molecule has 2 aromatic heterocycles. The van der Waals surface area contributed by atoms with Gasteiger partial charge in [-0.2, -0.15) is 5.10 Å². The van der Waals surface area contributed by atoms with Crippen LogP contribution in [0.1, 0.15) is 51.5 Å². The quantitative estimate of drug-likeness (QED) is 0.373. The number of nitrogens with zero attached hydrogens (tertiary/aromatic N) is 3. The molecule has 0 spiro atoms. The van der Waals surface area contributed by atoms with Crippen LogP contribution in [0, 0.1) is 6.92 Å². The number of anilines is 1. The summed E-state index contributed by atoms with van der Waals surface area (Å²) in [6.45, 7) is 5.37. The zero-order chi connectivity index (χ0) is 25.2. The lowest BCUT2D eigenvalue weighted by molar-refractivity contribution is -0.122. The number of carbonyl (C=O) groups excluding carboxylic acids is 3. The van der Waals surface area contributed by atoms with Gasteiger partial charge < -0.3 is 20.5 Å². The lowest BCUT2D eigenvalue weighted by Gasteiger charge is -2.27. The van der Waals surface area contributed by atoms with Gasteiger partial charge in [0.1, 0.15) is 11.4 Å². The first-order chi connectivity index (χ1) is 17.4. The number of hydrogen-bond acceptors (Lipinski definition) is 4. The fraction of sp³-hybridized carbons (Fsp3) is 0.259. The van der Waals surface area contributed by atoms with Gasteiger partial charge in [0.05, 0.1) is 6.04 Å². The van der Waals surface area contributed by atoms with Crippen molar-refractivity contribution in [1.82, 2.24) is 25.0 Å². The van der Waals surface area contributed by atoms with Crippen molar-refractivity contribution in [2.45, 2.75) is 39.4 Å². The summed E-state index contributed by atoms with van der Waals surface area (Å²) in [4.78, 5) is 38.1. The van der Waals surface area contributed by atoms with E-state index in [1.54, 1.807) is 23.0 Å². The average molecular weight is 485 g/mol. The van der Waals surface area contributed by atoms with E-state index in [9.17, 15) is 14.4 Å². The summed E-state index contributed by atoms with van der Waals surface area (Å²) in [6.07, 6.45) is 1.84. The zero-order valence-electron chi connectivity index (χ0n) is 20.2. The van der Waals surface area contributed by atoms with E-state index in [1.165, 1.54) is 0 Å². The summed E-state index contributed by atoms with van der Waals surface area (Å²) in [5.41, 5.74) is 4.64. The molecule has 0 aliphatic carbocycles. The number of amides is 3. The highest BCUT2D eigenvalue weighted by Crippen LogP contribution is 2.30. The first-order valence-corrected chi connectivity index (χ1v) is 12.0. The maximum atomic E-state index is 12.8. The molecule has 4 aromatic rings. The fourth-order valence-electron chi connectivity index (χ4n) is 4.70. The molecule has 0 saturated carbocycles. The lowest BCUT2D eigenvalue weighted by Crippen LogP contribution is -2.40. The number of aromatic nitrogens is 3. The molecule has 0 saturated heterocycles. The van der Waals surface area contributed by atoms with Gasteiger partial charge in [-0.05, 0) is 55.3 Å². The van der Waals surface area contributed by atoms with E-state index in [-0.39, 0.29) is 30.2 Å². The van der Waals surface area contributed by atoms with Crippen LogP contribution in [0.25, 0.3) is 10.9 Å². The Morgan fingerprint density at radius 3 is 2.78 bits per heavy atom. The van der Waals surface area contributed by atoms with E-state index in [2.05, 4.69) is 21.0 Å². The number of aryl methyl sites for hydroxylation is 2. The van der Waals surface area contributed by atoms with Crippen molar-refractivity contribution in [3.63, 3.8) is 0 Å². The van der Waals surface area contributed by atoms with Gasteiger partial charge in [0.25, 0.3) is 11.8 Å². The standard InChI is InChI=1S/C27H28N6O3/c1-3-32-23(10-11-30-32)27(36)31-20-8-9-22-19(12-20)13-24-26(35)29-16-21(33(22)24)14-25(34)28-15-18-7-5-4-6-17(18)2/h4-13,21H,3,14-16H2,1-2H3,(H,28,34)(H,29,35)(H,31,36). The Kier molecular flexibility index (Phi) is 6.28. The molecule has 0 radical (unpaired) electrons. The smallest absolute Gasteiger partial charge is 0.273 e. The summed E-state index contributed by atoms with van der Waals surface area (Å²) in [7, 11) is 0. The molecule has 36 heavy (non-hydrogen) atoms. The van der Waals surface area contributed by atoms with Crippen molar-refractivity contribution in [3.05, 3.63) is 83.3 Å². The van der Waals surface area contributed by atoms with Crippen LogP contribution in [0.2, 0.25) is 0 Å². The van der Waals surface area contributed by atoms with Crippen LogP contribution in [0.15, 0.2) is 60.8 Å². The van der Waals surface area contributed by atoms with Crippen LogP contribution in [-0.2, 0) is 17.9 Å². The van der Waals surface area contributed by atoms with Gasteiger partial charge in [-0.25, -0.2) is 0 Å². The second kappa shape index (κ2) is 9.69. The number of nitrogens with one attached hydrogen (secondary N) is 3. The van der Waals surface area contributed by atoms with Crippen LogP contribution in [-0.4, -0.2) is 38.6 Å². The monoisotopic (exact) mass is 484 g/mol. The van der Waals surface area contributed by atoms with Crippen molar-refractivity contribution >= 4 is 34.3 Å². The van der Waals surface area contributed by atoms with Crippen LogP contribution < -0.4 is 16.0 Å². The Morgan fingerprint density at radius 1 is 1.14 bits per heavy atom. The fourth-order valence-corrected chi connectivity index (χ4v) is 4.70. The Labute approximate surface area is 208 Å². The molecule has 3 amide bonds. The first kappa shape index (κ1) is 23.3. The minimum atomic E-state index is -0.251. The predicted molar refractivity (Wildman–Crippen MR) is 137 cm³/mol. The second-order valence-corrected chi connectivity index (χ2v) is 8.93. The summed E-state index contributed by atoms with van der Waals surface area (Å²) in [5.74, 6) is -0.512. The Bertz CT molecular complexity index is 1470. The Balaban J connectivity index is 1.35. The third kappa shape index (κ3) is 4.47. The molecule has 0 fully saturated rings. The Hall–Kier alpha value is -4.40. The molecule has 1 unspecified atom stereocenters. The summed E-state index contributed by atoms with van der Waals surface area (Å²) >= 11 is 0. The third-order valence-electron chi connectivity index (χ3n) is 6.60. The number of carbonyl (C=O) groups is 3. The highest BCUT2D eigenvalue weighted by molar-refractivity contribution is 6.05. The van der Waals surface area contributed by atoms with Crippen LogP contribution in [0.3, 0.4) is 0 Å². The van der Waals surface area contributed by atoms with Crippen molar-refractivity contribution in [1.29, 1.82) is 0 Å². The van der Waals surface area contributed by atoms with E-state index >= 15 is 0 Å². The summed E-state index contributed by atoms with van der Waals surface area (Å²) < 4.78 is 3.56. The molecule has 184 valence electrons. The molecule has 1 aliphatic heterocycles. The topological polar surface area (TPSA) is 110 Å². The van der Waals surface area contributed by atoms with Gasteiger partial charge in [-0.15, -0.1) is 0 Å². The van der Waals surface area contributed by atoms with Gasteiger partial charge in [0, 0.05) is 48.8 Å². The molecule has 5 rings (SSSR count). The van der Waals surface area contributed by atoms with Gasteiger partial charge in [0.2, 0.25) is 5.91 Å². The number of rotatable bonds is 7. The van der Waals surface area contributed by atoms with E-state index in [4.69, 9.17) is 0 Å². The van der Waals surface area contributed by atoms with Crippen molar-refractivity contribution in [3.8, 4) is 0 Å². The van der Waals surface area contributed by atoms with E-state index in [0.29, 0.717) is 36.7 Å². The molecule has 1 atom stereocenters. The minimum Gasteiger partial charge on any atom is -0.352 e. The largest absolute Gasteiger partial charge is 0.352 e. The second-order valence-electron chi connectivity index (χ2n) is 8.93. The zero-order valence-corrected chi connectivity index (χ0v) is 20.2. The average Bonchev–Trinajstić information content (AvgIpc) is 3.50. The maximum Gasteiger partial charge on any atom is 0.273 e. The molecule has 9 heteroatoms. The highest BCUT2D eigenvalue weighted by atomic mass is 16.2. The van der Waals surface area contributed by atoms with Crippen LogP contribution >= 0.6 is 0 Å². The Morgan fingerprint density at radius 2 is 1.97 bits per heavy atom. The van der Waals surface area contributed by atoms with Gasteiger partial charge in [0.15, 0.2) is 0 Å². The van der Waals surface area contributed by atoms with Crippen LogP contribution in [0.4, 0.5) is 5.69 Å². The lowest BCUT2D eigenvalue weighted by atomic mass is 10.1. The van der Waals surface area contributed by atoms with E-state index < -0.39 is 0 Å². The first-order valence-electron chi connectivity index (χ1n) is 12.0. The normalized spacial score (nSPS) is 14.8. The molecule has 2 aromatic carbocycles. The van der Waals surface area contributed by atoms with Crippen molar-refractivity contribution < 1.29 is 14.4 Å². The molecule has 3 heterocycles. The van der Waals surface area contributed by atoms with E-state index in [0.717, 1.165) is 22.0 Å². The molecule has 3 N–H and O–H groups in total. The van der Waals surface area contributed by atoms with Gasteiger partial charge in [-0.3, -0.25) is 19.1 Å². The maximum absolute atomic E-state index is 12.8. The summed E-state index contributed by atoms with van der Waals surface area (Å²) in [6, 6.07) is 16.7. The van der Waals surface area contributed by atoms with Crippen molar-refractivity contribution in [2.24, 2.45) is 0 Å². The predicted octanol–water partition coefficient (Wildman–Crippen LogP) is 3.41. The van der Waals surface area contributed by atoms with Gasteiger partial charge in [-0.1, -0.05) is 24.3 Å². The molecular formula is C27H28N6O3. The summed E-state index contributed by atoms with van der Waals surface area (Å²) in [5, 5.41) is 13.8. The van der Waals surface area contributed by atoms with E-state index in [1.807, 2.05) is 60.9 Å². The van der Waals surface area contributed by atoms with Crippen LogP contribution in [0.5, 0.6) is 0 Å². The third-order valence-corrected chi connectivity index (χ3v) is 6.60. The molecule has 9 nitrogen and oxygen atoms in total. The minimum absolute atomic E-state index is 0.0800. The molecule has 0 bridgehead atoms. The number of hydrogen-bond donors (Lipinski definition) is 3. The highest BCUT2D eigenvalue weighted by Gasteiger charge is 2.29. The number of fused-ring (bicyclic) bond motifs is 3. The molecular weight excluding hydrogens is 456 g/mol. The number of benzene rings is 2. The molecule has 1 aliphatic rings. The van der Waals surface area contributed by atoms with Crippen molar-refractivity contribution in [2.75, 3.05) is 11.9 Å².